The van der Waals surface area contributed by atoms with Crippen molar-refractivity contribution in [3.63, 3.8) is 0 Å². The van der Waals surface area contributed by atoms with Crippen LogP contribution in [0.25, 0.3) is 0 Å². The van der Waals surface area contributed by atoms with Gasteiger partial charge in [0.2, 0.25) is 11.8 Å². The van der Waals surface area contributed by atoms with Crippen molar-refractivity contribution >= 4 is 11.8 Å². The Bertz CT molecular complexity index is 703. The summed E-state index contributed by atoms with van der Waals surface area (Å²) in [6.07, 6.45) is 14.7. The largest absolute Gasteiger partial charge is 2.00 e. The molecule has 0 atom stereocenters. The monoisotopic (exact) mass is 452 g/mol. The second-order valence-electron chi connectivity index (χ2n) is 6.68. The zero-order chi connectivity index (χ0) is 21.0. The molecule has 2 N–H and O–H groups in total. The first-order valence-electron chi connectivity index (χ1n) is 9.80. The molecule has 0 unspecified atom stereocenters. The van der Waals surface area contributed by atoms with E-state index in [9.17, 15) is 9.59 Å². The molecule has 0 spiro atoms. The zero-order valence-electron chi connectivity index (χ0n) is 17.0. The molecule has 0 aromatic heterocycles. The first-order valence-corrected chi connectivity index (χ1v) is 9.80. The molecule has 2 amide bonds. The fourth-order valence-electron chi connectivity index (χ4n) is 2.81. The minimum absolute atomic E-state index is 0. The maximum atomic E-state index is 11.6. The van der Waals surface area contributed by atoms with Crippen LogP contribution in [0.1, 0.15) is 11.1 Å². The van der Waals surface area contributed by atoms with Crippen molar-refractivity contribution < 1.29 is 26.7 Å². The average molecular weight is 452 g/mol. The van der Waals surface area contributed by atoms with E-state index in [1.807, 2.05) is 86.3 Å². The number of hydrogen-bond acceptors (Lipinski definition) is 2. The smallest absolute Gasteiger partial charge is 0.351 e. The van der Waals surface area contributed by atoms with E-state index in [0.29, 0.717) is 24.9 Å². The predicted octanol–water partition coefficient (Wildman–Crippen LogP) is 3.41. The van der Waals surface area contributed by atoms with E-state index < -0.39 is 0 Å². The van der Waals surface area contributed by atoms with Crippen LogP contribution in [0.15, 0.2) is 60.7 Å². The van der Waals surface area contributed by atoms with Crippen molar-refractivity contribution in [3.05, 3.63) is 135 Å². The molecule has 156 valence electrons. The molecule has 4 rings (SSSR count). The van der Waals surface area contributed by atoms with Gasteiger partial charge in [0.05, 0.1) is 11.8 Å². The Hall–Kier alpha value is -2.10. The summed E-state index contributed by atoms with van der Waals surface area (Å²) in [6.45, 7) is 1.15. The van der Waals surface area contributed by atoms with Crippen molar-refractivity contribution in [2.75, 3.05) is 0 Å². The molecule has 0 saturated heterocycles. The van der Waals surface area contributed by atoms with Crippen LogP contribution in [-0.2, 0) is 39.7 Å². The predicted molar refractivity (Wildman–Crippen MR) is 117 cm³/mol. The Morgan fingerprint density at radius 2 is 0.871 bits per heavy atom. The summed E-state index contributed by atoms with van der Waals surface area (Å²) in [7, 11) is 0. The van der Waals surface area contributed by atoms with Gasteiger partial charge in [0.25, 0.3) is 0 Å². The number of rotatable bonds is 6. The Kier molecular flexibility index (Phi) is 11.4. The molecule has 2 fully saturated rings. The maximum absolute atomic E-state index is 11.6. The van der Waals surface area contributed by atoms with Crippen LogP contribution in [0.5, 0.6) is 0 Å². The third-order valence-electron chi connectivity index (χ3n) is 4.44. The van der Waals surface area contributed by atoms with Gasteiger partial charge in [0, 0.05) is 13.1 Å². The maximum Gasteiger partial charge on any atom is 2.00 e. The zero-order valence-corrected chi connectivity index (χ0v) is 18.1. The normalized spacial score (nSPS) is 16.0. The van der Waals surface area contributed by atoms with Crippen LogP contribution in [-0.4, -0.2) is 11.8 Å². The third-order valence-corrected chi connectivity index (χ3v) is 4.44. The molecule has 2 saturated carbocycles. The van der Waals surface area contributed by atoms with Gasteiger partial charge in [-0.05, 0) is 62.5 Å². The van der Waals surface area contributed by atoms with Gasteiger partial charge in [-0.25, -0.2) is 0 Å². The Balaban J connectivity index is 0.000000213. The fraction of sp³-hybridized carbons (Fsp3) is 0.0769. The SMILES string of the molecule is O=C(NCc1ccccc1)[C]1[CH][CH][CH][CH]1.O=C(NCc1ccccc1)[C]1[CH][CH][CH][CH]1.[Fe+2]. The summed E-state index contributed by atoms with van der Waals surface area (Å²) < 4.78 is 0. The molecular formula is C26H24FeN2O2+2. The number of amides is 2. The van der Waals surface area contributed by atoms with Gasteiger partial charge in [0.15, 0.2) is 0 Å². The second-order valence-corrected chi connectivity index (χ2v) is 6.68. The molecule has 31 heavy (non-hydrogen) atoms. The molecular weight excluding hydrogens is 428 g/mol. The second kappa shape index (κ2) is 14.1. The molecule has 5 heteroatoms. The van der Waals surface area contributed by atoms with Crippen molar-refractivity contribution in [1.29, 1.82) is 0 Å². The summed E-state index contributed by atoms with van der Waals surface area (Å²) in [5.74, 6) is 1.38. The number of benzene rings is 2. The molecule has 4 nitrogen and oxygen atoms in total. The van der Waals surface area contributed by atoms with Crippen LogP contribution in [0.3, 0.4) is 0 Å². The molecule has 0 aliphatic heterocycles. The van der Waals surface area contributed by atoms with Gasteiger partial charge in [-0.2, -0.15) is 0 Å². The van der Waals surface area contributed by atoms with Gasteiger partial charge in [-0.1, -0.05) is 60.7 Å². The summed E-state index contributed by atoms with van der Waals surface area (Å²) in [5, 5.41) is 5.72. The van der Waals surface area contributed by atoms with E-state index in [0.717, 1.165) is 11.1 Å². The van der Waals surface area contributed by atoms with Crippen molar-refractivity contribution in [3.8, 4) is 0 Å². The summed E-state index contributed by atoms with van der Waals surface area (Å²) >= 11 is 0. The van der Waals surface area contributed by atoms with Gasteiger partial charge in [0.1, 0.15) is 0 Å². The van der Waals surface area contributed by atoms with Crippen molar-refractivity contribution in [2.45, 2.75) is 13.1 Å². The van der Waals surface area contributed by atoms with E-state index in [4.69, 9.17) is 0 Å². The topological polar surface area (TPSA) is 58.2 Å². The number of carbonyl (C=O) groups is 2. The fourth-order valence-corrected chi connectivity index (χ4v) is 2.81. The van der Waals surface area contributed by atoms with E-state index in [-0.39, 0.29) is 28.9 Å². The number of carbonyl (C=O) groups excluding carboxylic acids is 2. The Morgan fingerprint density at radius 1 is 0.548 bits per heavy atom. The van der Waals surface area contributed by atoms with E-state index in [1.54, 1.807) is 25.7 Å². The van der Waals surface area contributed by atoms with Crippen molar-refractivity contribution in [2.24, 2.45) is 0 Å². The van der Waals surface area contributed by atoms with E-state index in [2.05, 4.69) is 10.6 Å². The molecule has 10 radical (unpaired) electrons. The van der Waals surface area contributed by atoms with Crippen LogP contribution in [0.2, 0.25) is 0 Å². The number of nitrogens with one attached hydrogen (secondary N) is 2. The van der Waals surface area contributed by atoms with Crippen LogP contribution in [0, 0.1) is 63.2 Å². The van der Waals surface area contributed by atoms with Gasteiger partial charge >= 0.3 is 17.1 Å². The summed E-state index contributed by atoms with van der Waals surface area (Å²) in [4.78, 5) is 23.1. The standard InChI is InChI=1S/2C13H12NO.Fe/c2*15-13(12-8-4-5-9-12)14-10-11-6-2-1-3-7-11;/h2*1-9H,10H2,(H,14,15);/q;;+2. The minimum atomic E-state index is -0.0242. The van der Waals surface area contributed by atoms with Gasteiger partial charge < -0.3 is 10.6 Å². The third kappa shape index (κ3) is 8.88. The summed E-state index contributed by atoms with van der Waals surface area (Å²) in [5.41, 5.74) is 2.22. The molecule has 0 heterocycles. The van der Waals surface area contributed by atoms with Crippen LogP contribution >= 0.6 is 0 Å². The number of hydrogen-bond donors (Lipinski definition) is 2. The van der Waals surface area contributed by atoms with Gasteiger partial charge in [-0.15, -0.1) is 0 Å². The van der Waals surface area contributed by atoms with Gasteiger partial charge in [-0.3, -0.25) is 9.59 Å². The quantitative estimate of drug-likeness (QED) is 0.661. The minimum Gasteiger partial charge on any atom is -0.351 e. The summed E-state index contributed by atoms with van der Waals surface area (Å²) in [6, 6.07) is 19.7. The van der Waals surface area contributed by atoms with Crippen LogP contribution < -0.4 is 10.6 Å². The van der Waals surface area contributed by atoms with E-state index >= 15 is 0 Å². The molecule has 0 bridgehead atoms. The van der Waals surface area contributed by atoms with Crippen molar-refractivity contribution in [1.82, 2.24) is 10.6 Å². The molecule has 2 aromatic carbocycles. The molecule has 2 aliphatic carbocycles. The molecule has 2 aliphatic rings. The Labute approximate surface area is 197 Å². The first kappa shape index (κ1) is 25.2. The Morgan fingerprint density at radius 3 is 1.19 bits per heavy atom. The molecule has 2 aromatic rings. The van der Waals surface area contributed by atoms with E-state index in [1.165, 1.54) is 0 Å². The first-order chi connectivity index (χ1) is 14.7. The van der Waals surface area contributed by atoms with Crippen LogP contribution in [0.4, 0.5) is 0 Å². The average Bonchev–Trinajstić information content (AvgIpc) is 3.52.